The zero-order valence-corrected chi connectivity index (χ0v) is 11.7. The Labute approximate surface area is 106 Å². The maximum Gasteiger partial charge on any atom is 0.106 e. The number of hydrogen-bond acceptors (Lipinski definition) is 2. The molecule has 2 aromatic rings. The maximum atomic E-state index is 4.75. The van der Waals surface area contributed by atoms with Crippen LogP contribution in [0.2, 0.25) is 0 Å². The summed E-state index contributed by atoms with van der Waals surface area (Å²) in [6.45, 7) is 8.95. The highest BCUT2D eigenvalue weighted by molar-refractivity contribution is 7.15. The number of nitrogens with one attached hydrogen (secondary N) is 1. The number of hydrogen-bond donors (Lipinski definition) is 1. The van der Waals surface area contributed by atoms with Crippen molar-refractivity contribution in [2.45, 2.75) is 46.0 Å². The molecule has 2 heterocycles. The Morgan fingerprint density at radius 3 is 2.71 bits per heavy atom. The number of H-pyrrole nitrogens is 1. The summed E-state index contributed by atoms with van der Waals surface area (Å²) in [5.41, 5.74) is 4.05. The lowest BCUT2D eigenvalue weighted by molar-refractivity contribution is 0.637. The third-order valence-electron chi connectivity index (χ3n) is 3.73. The van der Waals surface area contributed by atoms with Crippen LogP contribution in [0.5, 0.6) is 0 Å². The van der Waals surface area contributed by atoms with Crippen molar-refractivity contribution in [1.29, 1.82) is 0 Å². The quantitative estimate of drug-likeness (QED) is 0.855. The third kappa shape index (κ3) is 1.35. The fraction of sp³-hybridized carbons (Fsp3) is 0.500. The van der Waals surface area contributed by atoms with Crippen molar-refractivity contribution in [3.8, 4) is 10.6 Å². The van der Waals surface area contributed by atoms with Crippen LogP contribution >= 0.6 is 11.3 Å². The number of aromatic amines is 1. The predicted octanol–water partition coefficient (Wildman–Crippen LogP) is 3.90. The van der Waals surface area contributed by atoms with Gasteiger partial charge in [0.1, 0.15) is 11.5 Å². The summed E-state index contributed by atoms with van der Waals surface area (Å²) >= 11 is 1.91. The molecule has 1 aliphatic rings. The number of thiophene rings is 1. The van der Waals surface area contributed by atoms with Gasteiger partial charge < -0.3 is 4.98 Å². The SMILES string of the molecule is CCc1nc2c([nH]1)C(C)(C)c1cc(CC)sc1-2. The molecule has 3 heteroatoms. The molecule has 0 radical (unpaired) electrons. The average molecular weight is 246 g/mol. The molecule has 0 spiro atoms. The van der Waals surface area contributed by atoms with Crippen molar-refractivity contribution >= 4 is 11.3 Å². The maximum absolute atomic E-state index is 4.75. The van der Waals surface area contributed by atoms with Crippen molar-refractivity contribution in [3.63, 3.8) is 0 Å². The van der Waals surface area contributed by atoms with E-state index in [9.17, 15) is 0 Å². The van der Waals surface area contributed by atoms with Crippen LogP contribution in [0.3, 0.4) is 0 Å². The van der Waals surface area contributed by atoms with Crippen LogP contribution in [0.4, 0.5) is 0 Å². The van der Waals surface area contributed by atoms with Gasteiger partial charge >= 0.3 is 0 Å². The highest BCUT2D eigenvalue weighted by Crippen LogP contribution is 2.51. The molecule has 0 saturated carbocycles. The number of aromatic nitrogens is 2. The summed E-state index contributed by atoms with van der Waals surface area (Å²) in [4.78, 5) is 11.1. The van der Waals surface area contributed by atoms with Gasteiger partial charge in [-0.05, 0) is 18.1 Å². The van der Waals surface area contributed by atoms with Gasteiger partial charge in [-0.25, -0.2) is 4.98 Å². The highest BCUT2D eigenvalue weighted by atomic mass is 32.1. The first-order valence-electron chi connectivity index (χ1n) is 6.30. The molecular formula is C14H18N2S. The summed E-state index contributed by atoms with van der Waals surface area (Å²) in [6, 6.07) is 2.36. The van der Waals surface area contributed by atoms with E-state index in [2.05, 4.69) is 38.7 Å². The lowest BCUT2D eigenvalue weighted by Gasteiger charge is -2.18. The molecule has 2 aromatic heterocycles. The van der Waals surface area contributed by atoms with E-state index in [1.165, 1.54) is 26.7 Å². The molecule has 1 aliphatic carbocycles. The van der Waals surface area contributed by atoms with Crippen LogP contribution in [-0.4, -0.2) is 9.97 Å². The minimum atomic E-state index is 0.0923. The Hall–Kier alpha value is -1.09. The lowest BCUT2D eigenvalue weighted by atomic mass is 9.86. The first kappa shape index (κ1) is 11.0. The minimum absolute atomic E-state index is 0.0923. The standard InChI is InChI=1S/C14H18N2S/c1-5-8-7-9-12(17-8)11-13(14(9,3)4)16-10(6-2)15-11/h7H,5-6H2,1-4H3,(H,15,16). The van der Waals surface area contributed by atoms with E-state index in [0.29, 0.717) is 0 Å². The molecular weight excluding hydrogens is 228 g/mol. The van der Waals surface area contributed by atoms with E-state index in [1.807, 2.05) is 11.3 Å². The van der Waals surface area contributed by atoms with Crippen LogP contribution in [0, 0.1) is 0 Å². The Kier molecular flexibility index (Phi) is 2.24. The molecule has 0 unspecified atom stereocenters. The smallest absolute Gasteiger partial charge is 0.106 e. The Balaban J connectivity index is 2.25. The molecule has 0 aromatic carbocycles. The Morgan fingerprint density at radius 1 is 1.29 bits per heavy atom. The van der Waals surface area contributed by atoms with Crippen molar-refractivity contribution in [2.24, 2.45) is 0 Å². The van der Waals surface area contributed by atoms with E-state index in [1.54, 1.807) is 0 Å². The van der Waals surface area contributed by atoms with E-state index in [-0.39, 0.29) is 5.41 Å². The second kappa shape index (κ2) is 3.45. The third-order valence-corrected chi connectivity index (χ3v) is 5.02. The fourth-order valence-corrected chi connectivity index (χ4v) is 3.85. The number of aryl methyl sites for hydroxylation is 2. The molecule has 1 N–H and O–H groups in total. The monoisotopic (exact) mass is 246 g/mol. The zero-order chi connectivity index (χ0) is 12.2. The van der Waals surface area contributed by atoms with Crippen LogP contribution < -0.4 is 0 Å². The van der Waals surface area contributed by atoms with Gasteiger partial charge in [-0.3, -0.25) is 0 Å². The normalized spacial score (nSPS) is 16.0. The molecule has 17 heavy (non-hydrogen) atoms. The van der Waals surface area contributed by atoms with Crippen LogP contribution in [0.1, 0.15) is 49.7 Å². The number of imidazole rings is 1. The van der Waals surface area contributed by atoms with E-state index in [4.69, 9.17) is 4.98 Å². The summed E-state index contributed by atoms with van der Waals surface area (Å²) in [5, 5.41) is 0. The molecule has 0 saturated heterocycles. The largest absolute Gasteiger partial charge is 0.345 e. The summed E-state index contributed by atoms with van der Waals surface area (Å²) in [5.74, 6) is 1.11. The minimum Gasteiger partial charge on any atom is -0.345 e. The Bertz CT molecular complexity index is 525. The van der Waals surface area contributed by atoms with Crippen molar-refractivity contribution in [1.82, 2.24) is 9.97 Å². The fourth-order valence-electron chi connectivity index (χ4n) is 2.60. The van der Waals surface area contributed by atoms with Crippen LogP contribution in [-0.2, 0) is 18.3 Å². The van der Waals surface area contributed by atoms with Gasteiger partial charge in [0, 0.05) is 16.7 Å². The van der Waals surface area contributed by atoms with E-state index >= 15 is 0 Å². The molecule has 0 atom stereocenters. The van der Waals surface area contributed by atoms with Gasteiger partial charge in [-0.15, -0.1) is 11.3 Å². The number of fused-ring (bicyclic) bond motifs is 3. The van der Waals surface area contributed by atoms with Crippen molar-refractivity contribution in [2.75, 3.05) is 0 Å². The molecule has 0 amide bonds. The van der Waals surface area contributed by atoms with Gasteiger partial charge in [0.2, 0.25) is 0 Å². The van der Waals surface area contributed by atoms with Gasteiger partial charge in [0.05, 0.1) is 10.6 Å². The van der Waals surface area contributed by atoms with Gasteiger partial charge in [-0.1, -0.05) is 27.7 Å². The lowest BCUT2D eigenvalue weighted by Crippen LogP contribution is -2.15. The van der Waals surface area contributed by atoms with Crippen LogP contribution in [0.15, 0.2) is 6.07 Å². The second-order valence-electron chi connectivity index (χ2n) is 5.19. The summed E-state index contributed by atoms with van der Waals surface area (Å²) < 4.78 is 0. The second-order valence-corrected chi connectivity index (χ2v) is 6.33. The van der Waals surface area contributed by atoms with E-state index < -0.39 is 0 Å². The number of nitrogens with zero attached hydrogens (tertiary/aromatic N) is 1. The average Bonchev–Trinajstić information content (AvgIpc) is 2.95. The first-order chi connectivity index (χ1) is 8.07. The molecule has 0 fully saturated rings. The van der Waals surface area contributed by atoms with E-state index in [0.717, 1.165) is 18.7 Å². The Morgan fingerprint density at radius 2 is 2.06 bits per heavy atom. The topological polar surface area (TPSA) is 28.7 Å². The van der Waals surface area contributed by atoms with Crippen molar-refractivity contribution < 1.29 is 0 Å². The van der Waals surface area contributed by atoms with Gasteiger partial charge in [0.15, 0.2) is 0 Å². The molecule has 2 nitrogen and oxygen atoms in total. The first-order valence-corrected chi connectivity index (χ1v) is 7.12. The highest BCUT2D eigenvalue weighted by Gasteiger charge is 2.40. The predicted molar refractivity (Wildman–Crippen MR) is 72.8 cm³/mol. The van der Waals surface area contributed by atoms with Gasteiger partial charge in [-0.2, -0.15) is 0 Å². The molecule has 90 valence electrons. The van der Waals surface area contributed by atoms with Crippen LogP contribution in [0.25, 0.3) is 10.6 Å². The summed E-state index contributed by atoms with van der Waals surface area (Å²) in [7, 11) is 0. The van der Waals surface area contributed by atoms with Crippen molar-refractivity contribution in [3.05, 3.63) is 28.0 Å². The number of rotatable bonds is 2. The zero-order valence-electron chi connectivity index (χ0n) is 10.8. The molecule has 0 aliphatic heterocycles. The summed E-state index contributed by atoms with van der Waals surface area (Å²) in [6.07, 6.45) is 2.10. The molecule has 3 rings (SSSR count). The molecule has 0 bridgehead atoms. The van der Waals surface area contributed by atoms with Gasteiger partial charge in [0.25, 0.3) is 0 Å².